The number of ether oxygens (including phenoxy) is 1. The van der Waals surface area contributed by atoms with Gasteiger partial charge in [0.2, 0.25) is 15.9 Å². The van der Waals surface area contributed by atoms with Crippen LogP contribution in [0.25, 0.3) is 0 Å². The Kier molecular flexibility index (Phi) is 10.6. The molecule has 170 valence electrons. The van der Waals surface area contributed by atoms with Crippen LogP contribution in [0.1, 0.15) is 52.4 Å². The van der Waals surface area contributed by atoms with Gasteiger partial charge < -0.3 is 10.1 Å². The third kappa shape index (κ3) is 8.17. The van der Waals surface area contributed by atoms with Crippen molar-refractivity contribution in [1.82, 2.24) is 5.32 Å². The van der Waals surface area contributed by atoms with Gasteiger partial charge in [-0.25, -0.2) is 8.42 Å². The maximum absolute atomic E-state index is 12.3. The molecular weight excluding hydrogens is 410 g/mol. The van der Waals surface area contributed by atoms with Gasteiger partial charge in [-0.15, -0.1) is 0 Å². The van der Waals surface area contributed by atoms with E-state index >= 15 is 0 Å². The summed E-state index contributed by atoms with van der Waals surface area (Å²) < 4.78 is 30.9. The lowest BCUT2D eigenvalue weighted by atomic mass is 9.99. The zero-order chi connectivity index (χ0) is 22.7. The van der Waals surface area contributed by atoms with Crippen molar-refractivity contribution >= 4 is 27.3 Å². The number of hydrogen-bond acceptors (Lipinski definition) is 6. The van der Waals surface area contributed by atoms with Crippen molar-refractivity contribution in [2.45, 2.75) is 52.4 Å². The number of benzene rings is 1. The van der Waals surface area contributed by atoms with E-state index in [1.807, 2.05) is 0 Å². The number of amides is 1. The van der Waals surface area contributed by atoms with Crippen LogP contribution in [-0.2, 0) is 14.8 Å². The first-order chi connectivity index (χ1) is 14.1. The molecule has 1 aromatic carbocycles. The van der Waals surface area contributed by atoms with Gasteiger partial charge in [-0.05, 0) is 24.8 Å². The van der Waals surface area contributed by atoms with Gasteiger partial charge in [0.05, 0.1) is 18.3 Å². The quantitative estimate of drug-likeness (QED) is 0.347. The van der Waals surface area contributed by atoms with Crippen molar-refractivity contribution in [2.24, 2.45) is 5.92 Å². The average molecular weight is 444 g/mol. The Morgan fingerprint density at radius 3 is 2.53 bits per heavy atom. The molecular formula is C20H33N3O6S. The number of nitrogens with zero attached hydrogens (tertiary/aromatic N) is 2. The minimum Gasteiger partial charge on any atom is -0.495 e. The fourth-order valence-electron chi connectivity index (χ4n) is 3.12. The highest BCUT2D eigenvalue weighted by molar-refractivity contribution is 7.92. The first-order valence-electron chi connectivity index (χ1n) is 10.2. The average Bonchev–Trinajstić information content (AvgIpc) is 2.69. The van der Waals surface area contributed by atoms with E-state index in [9.17, 15) is 23.3 Å². The van der Waals surface area contributed by atoms with E-state index in [1.165, 1.54) is 25.3 Å². The maximum Gasteiger partial charge on any atom is 0.271 e. The Bertz CT molecular complexity index is 813. The zero-order valence-corrected chi connectivity index (χ0v) is 19.0. The van der Waals surface area contributed by atoms with Crippen molar-refractivity contribution in [2.75, 3.05) is 30.8 Å². The van der Waals surface area contributed by atoms with E-state index in [0.29, 0.717) is 12.5 Å². The lowest BCUT2D eigenvalue weighted by molar-refractivity contribution is -0.384. The van der Waals surface area contributed by atoms with Gasteiger partial charge in [0, 0.05) is 31.6 Å². The Labute approximate surface area is 179 Å². The second-order valence-corrected chi connectivity index (χ2v) is 9.18. The smallest absolute Gasteiger partial charge is 0.271 e. The third-order valence-corrected chi connectivity index (χ3v) is 6.12. The summed E-state index contributed by atoms with van der Waals surface area (Å²) >= 11 is 0. The molecule has 1 aromatic rings. The molecule has 0 saturated heterocycles. The standard InChI is InChI=1S/C20H33N3O6S/c1-5-7-9-16(6-2)15-21-20(24)10-8-13-22(30(4,27)28)18-14-17(23(25)26)11-12-19(18)29-3/h11-12,14,16H,5-10,13,15H2,1-4H3,(H,21,24)/t16-/m1/s1. The summed E-state index contributed by atoms with van der Waals surface area (Å²) in [5.41, 5.74) is -0.157. The van der Waals surface area contributed by atoms with Gasteiger partial charge >= 0.3 is 0 Å². The highest BCUT2D eigenvalue weighted by atomic mass is 32.2. The number of non-ortho nitro benzene ring substituents is 1. The molecule has 0 aromatic heterocycles. The Morgan fingerprint density at radius 2 is 2.00 bits per heavy atom. The molecule has 1 rings (SSSR count). The van der Waals surface area contributed by atoms with Crippen molar-refractivity contribution in [1.29, 1.82) is 0 Å². The first kappa shape index (κ1) is 25.7. The van der Waals surface area contributed by atoms with Crippen LogP contribution in [0.4, 0.5) is 11.4 Å². The molecule has 0 aliphatic carbocycles. The number of sulfonamides is 1. The Hall–Kier alpha value is -2.36. The Morgan fingerprint density at radius 1 is 1.30 bits per heavy atom. The fourth-order valence-corrected chi connectivity index (χ4v) is 4.09. The van der Waals surface area contributed by atoms with Gasteiger partial charge in [0.15, 0.2) is 0 Å². The molecule has 10 heteroatoms. The van der Waals surface area contributed by atoms with Crippen LogP contribution in [0, 0.1) is 16.0 Å². The van der Waals surface area contributed by atoms with Crippen LogP contribution >= 0.6 is 0 Å². The molecule has 1 atom stereocenters. The van der Waals surface area contributed by atoms with Crippen LogP contribution in [0.15, 0.2) is 18.2 Å². The molecule has 0 spiro atoms. The van der Waals surface area contributed by atoms with Crippen molar-refractivity contribution in [3.05, 3.63) is 28.3 Å². The molecule has 30 heavy (non-hydrogen) atoms. The van der Waals surface area contributed by atoms with Crippen LogP contribution < -0.4 is 14.4 Å². The van der Waals surface area contributed by atoms with Gasteiger partial charge in [0.1, 0.15) is 11.4 Å². The second kappa shape index (κ2) is 12.4. The number of carbonyl (C=O) groups excluding carboxylic acids is 1. The van der Waals surface area contributed by atoms with E-state index < -0.39 is 14.9 Å². The first-order valence-corrected chi connectivity index (χ1v) is 12.1. The number of anilines is 1. The SMILES string of the molecule is CCCC[C@@H](CC)CNC(=O)CCCN(c1cc([N+](=O)[O-])ccc1OC)S(C)(=O)=O. The summed E-state index contributed by atoms with van der Waals surface area (Å²) in [4.78, 5) is 22.7. The lowest BCUT2D eigenvalue weighted by Crippen LogP contribution is -2.33. The molecule has 9 nitrogen and oxygen atoms in total. The summed E-state index contributed by atoms with van der Waals surface area (Å²) in [6.45, 7) is 4.86. The molecule has 0 unspecified atom stereocenters. The molecule has 0 bridgehead atoms. The highest BCUT2D eigenvalue weighted by Gasteiger charge is 2.24. The van der Waals surface area contributed by atoms with Crippen molar-refractivity contribution < 1.29 is 22.9 Å². The van der Waals surface area contributed by atoms with E-state index in [4.69, 9.17) is 4.74 Å². The number of unbranched alkanes of at least 4 members (excludes halogenated alkanes) is 1. The zero-order valence-electron chi connectivity index (χ0n) is 18.2. The molecule has 0 heterocycles. The van der Waals surface area contributed by atoms with Crippen LogP contribution in [0.5, 0.6) is 5.75 Å². The van der Waals surface area contributed by atoms with Crippen LogP contribution in [0.2, 0.25) is 0 Å². The number of nitro groups is 1. The summed E-state index contributed by atoms with van der Waals surface area (Å²) in [5.74, 6) is 0.511. The monoisotopic (exact) mass is 443 g/mol. The number of nitrogens with one attached hydrogen (secondary N) is 1. The molecule has 0 fully saturated rings. The number of rotatable bonds is 14. The van der Waals surface area contributed by atoms with Gasteiger partial charge in [-0.3, -0.25) is 19.2 Å². The van der Waals surface area contributed by atoms with Crippen LogP contribution in [-0.4, -0.2) is 45.7 Å². The molecule has 0 aliphatic heterocycles. The highest BCUT2D eigenvalue weighted by Crippen LogP contribution is 2.33. The fraction of sp³-hybridized carbons (Fsp3) is 0.650. The normalized spacial score (nSPS) is 12.3. The predicted octanol–water partition coefficient (Wildman–Crippen LogP) is 3.48. The maximum atomic E-state index is 12.3. The molecule has 1 N–H and O–H groups in total. The molecule has 1 amide bonds. The van der Waals surface area contributed by atoms with Gasteiger partial charge in [0.25, 0.3) is 5.69 Å². The van der Waals surface area contributed by atoms with E-state index in [-0.39, 0.29) is 42.4 Å². The molecule has 0 radical (unpaired) electrons. The summed E-state index contributed by atoms with van der Waals surface area (Å²) in [6.07, 6.45) is 5.76. The third-order valence-electron chi connectivity index (χ3n) is 4.94. The predicted molar refractivity (Wildman–Crippen MR) is 117 cm³/mol. The lowest BCUT2D eigenvalue weighted by Gasteiger charge is -2.24. The van der Waals surface area contributed by atoms with Crippen molar-refractivity contribution in [3.8, 4) is 5.75 Å². The minimum atomic E-state index is -3.73. The van der Waals surface area contributed by atoms with Crippen LogP contribution in [0.3, 0.4) is 0 Å². The number of methoxy groups -OCH3 is 1. The van der Waals surface area contributed by atoms with Gasteiger partial charge in [-0.1, -0.05) is 33.1 Å². The second-order valence-electron chi connectivity index (χ2n) is 7.27. The minimum absolute atomic E-state index is 0.0107. The number of carbonyl (C=O) groups is 1. The molecule has 0 saturated carbocycles. The Balaban J connectivity index is 2.79. The summed E-state index contributed by atoms with van der Waals surface area (Å²) in [6, 6.07) is 3.78. The topological polar surface area (TPSA) is 119 Å². The number of nitro benzene ring substituents is 1. The van der Waals surface area contributed by atoms with E-state index in [1.54, 1.807) is 0 Å². The van der Waals surface area contributed by atoms with E-state index in [2.05, 4.69) is 19.2 Å². The van der Waals surface area contributed by atoms with E-state index in [0.717, 1.165) is 36.2 Å². The van der Waals surface area contributed by atoms with Gasteiger partial charge in [-0.2, -0.15) is 0 Å². The van der Waals surface area contributed by atoms with Crippen molar-refractivity contribution in [3.63, 3.8) is 0 Å². The molecule has 0 aliphatic rings. The summed E-state index contributed by atoms with van der Waals surface area (Å²) in [5, 5.41) is 14.0. The largest absolute Gasteiger partial charge is 0.495 e. The number of hydrogen-bond donors (Lipinski definition) is 1. The summed E-state index contributed by atoms with van der Waals surface area (Å²) in [7, 11) is -2.37.